The SMILES string of the molecule is CN(C)c1nc(CNC(=O)c2cc(Br)cs2)nc(N(C)C)n1. The first kappa shape index (κ1) is 16.6. The van der Waals surface area contributed by atoms with Crippen molar-refractivity contribution in [2.45, 2.75) is 6.54 Å². The summed E-state index contributed by atoms with van der Waals surface area (Å²) in [5.74, 6) is 1.49. The number of rotatable bonds is 5. The van der Waals surface area contributed by atoms with Gasteiger partial charge in [0.1, 0.15) is 0 Å². The number of thiophene rings is 1. The first-order valence-electron chi connectivity index (χ1n) is 6.48. The van der Waals surface area contributed by atoms with Gasteiger partial charge in [0.2, 0.25) is 11.9 Å². The van der Waals surface area contributed by atoms with E-state index in [1.54, 1.807) is 15.9 Å². The van der Waals surface area contributed by atoms with Crippen LogP contribution in [0.4, 0.5) is 11.9 Å². The molecule has 2 rings (SSSR count). The van der Waals surface area contributed by atoms with Crippen molar-refractivity contribution in [3.63, 3.8) is 0 Å². The molecule has 0 atom stereocenters. The van der Waals surface area contributed by atoms with Gasteiger partial charge < -0.3 is 15.1 Å². The van der Waals surface area contributed by atoms with E-state index in [1.807, 2.05) is 33.6 Å². The number of amides is 1. The number of carbonyl (C=O) groups excluding carboxylic acids is 1. The molecular formula is C13H17BrN6OS. The van der Waals surface area contributed by atoms with Crippen LogP contribution in [0.25, 0.3) is 0 Å². The van der Waals surface area contributed by atoms with Crippen molar-refractivity contribution in [1.82, 2.24) is 20.3 Å². The highest BCUT2D eigenvalue weighted by Crippen LogP contribution is 2.19. The van der Waals surface area contributed by atoms with Gasteiger partial charge >= 0.3 is 0 Å². The average Bonchev–Trinajstić information content (AvgIpc) is 2.91. The second kappa shape index (κ2) is 7.01. The lowest BCUT2D eigenvalue weighted by Crippen LogP contribution is -2.25. The molecule has 7 nitrogen and oxygen atoms in total. The summed E-state index contributed by atoms with van der Waals surface area (Å²) < 4.78 is 0.896. The molecule has 0 fully saturated rings. The van der Waals surface area contributed by atoms with Gasteiger partial charge in [0.25, 0.3) is 5.91 Å². The molecule has 0 aromatic carbocycles. The average molecular weight is 385 g/mol. The van der Waals surface area contributed by atoms with E-state index in [1.165, 1.54) is 11.3 Å². The number of carbonyl (C=O) groups is 1. The third kappa shape index (κ3) is 4.14. The zero-order valence-corrected chi connectivity index (χ0v) is 15.2. The van der Waals surface area contributed by atoms with Crippen molar-refractivity contribution in [2.24, 2.45) is 0 Å². The third-order valence-electron chi connectivity index (χ3n) is 2.66. The standard InChI is InChI=1S/C13H17BrN6OS/c1-19(2)12-16-10(17-13(18-12)20(3)4)6-15-11(21)9-5-8(14)7-22-9/h5,7H,6H2,1-4H3,(H,15,21). The van der Waals surface area contributed by atoms with Crippen molar-refractivity contribution < 1.29 is 4.79 Å². The molecule has 1 amide bonds. The summed E-state index contributed by atoms with van der Waals surface area (Å²) in [7, 11) is 7.45. The van der Waals surface area contributed by atoms with Gasteiger partial charge in [-0.3, -0.25) is 4.79 Å². The van der Waals surface area contributed by atoms with Crippen LogP contribution < -0.4 is 15.1 Å². The van der Waals surface area contributed by atoms with Crippen molar-refractivity contribution >= 4 is 45.1 Å². The maximum absolute atomic E-state index is 12.1. The summed E-state index contributed by atoms with van der Waals surface area (Å²) in [6.45, 7) is 0.249. The second-order valence-electron chi connectivity index (χ2n) is 4.95. The van der Waals surface area contributed by atoms with E-state index in [0.29, 0.717) is 22.6 Å². The van der Waals surface area contributed by atoms with Gasteiger partial charge in [0.15, 0.2) is 5.82 Å². The molecule has 1 N–H and O–H groups in total. The van der Waals surface area contributed by atoms with Crippen molar-refractivity contribution in [2.75, 3.05) is 38.0 Å². The first-order chi connectivity index (χ1) is 10.4. The highest BCUT2D eigenvalue weighted by Gasteiger charge is 2.12. The van der Waals surface area contributed by atoms with Crippen LogP contribution >= 0.6 is 27.3 Å². The molecular weight excluding hydrogens is 368 g/mol. The van der Waals surface area contributed by atoms with Crippen LogP contribution in [-0.2, 0) is 6.54 Å². The van der Waals surface area contributed by atoms with E-state index in [2.05, 4.69) is 36.2 Å². The van der Waals surface area contributed by atoms with Gasteiger partial charge in [-0.05, 0) is 22.0 Å². The molecule has 0 bridgehead atoms. The first-order valence-corrected chi connectivity index (χ1v) is 8.16. The molecule has 0 spiro atoms. The summed E-state index contributed by atoms with van der Waals surface area (Å²) in [6.07, 6.45) is 0. The van der Waals surface area contributed by atoms with Crippen LogP contribution in [0.2, 0.25) is 0 Å². The van der Waals surface area contributed by atoms with Crippen molar-refractivity contribution in [3.05, 3.63) is 26.6 Å². The van der Waals surface area contributed by atoms with Gasteiger partial charge in [-0.1, -0.05) is 0 Å². The zero-order chi connectivity index (χ0) is 16.3. The molecule has 2 heterocycles. The molecule has 0 aliphatic rings. The summed E-state index contributed by atoms with van der Waals surface area (Å²) in [6, 6.07) is 1.78. The number of nitrogens with one attached hydrogen (secondary N) is 1. The lowest BCUT2D eigenvalue weighted by atomic mass is 10.4. The number of nitrogens with zero attached hydrogens (tertiary/aromatic N) is 5. The van der Waals surface area contributed by atoms with E-state index in [9.17, 15) is 4.79 Å². The van der Waals surface area contributed by atoms with Crippen LogP contribution in [0, 0.1) is 0 Å². The summed E-state index contributed by atoms with van der Waals surface area (Å²) in [4.78, 5) is 29.3. The fraction of sp³-hybridized carbons (Fsp3) is 0.385. The minimum Gasteiger partial charge on any atom is -0.347 e. The van der Waals surface area contributed by atoms with E-state index in [-0.39, 0.29) is 12.5 Å². The molecule has 9 heteroatoms. The van der Waals surface area contributed by atoms with Gasteiger partial charge in [0.05, 0.1) is 11.4 Å². The van der Waals surface area contributed by atoms with Gasteiger partial charge in [-0.25, -0.2) is 0 Å². The Morgan fingerprint density at radius 2 is 1.77 bits per heavy atom. The van der Waals surface area contributed by atoms with E-state index < -0.39 is 0 Å². The predicted octanol–water partition coefficient (Wildman–Crippen LogP) is 1.76. The predicted molar refractivity (Wildman–Crippen MR) is 91.7 cm³/mol. The van der Waals surface area contributed by atoms with Gasteiger partial charge in [-0.2, -0.15) is 15.0 Å². The smallest absolute Gasteiger partial charge is 0.261 e. The Balaban J connectivity index is 2.13. The topological polar surface area (TPSA) is 74.2 Å². The van der Waals surface area contributed by atoms with Gasteiger partial charge in [-0.15, -0.1) is 11.3 Å². The Kier molecular flexibility index (Phi) is 5.30. The number of hydrogen-bond acceptors (Lipinski definition) is 7. The lowest BCUT2D eigenvalue weighted by Gasteiger charge is -2.16. The van der Waals surface area contributed by atoms with Gasteiger partial charge in [0, 0.05) is 38.0 Å². The number of halogens is 1. The molecule has 0 aliphatic heterocycles. The lowest BCUT2D eigenvalue weighted by molar-refractivity contribution is 0.0954. The molecule has 0 saturated heterocycles. The highest BCUT2D eigenvalue weighted by atomic mass is 79.9. The molecule has 118 valence electrons. The molecule has 22 heavy (non-hydrogen) atoms. The minimum atomic E-state index is -0.145. The minimum absolute atomic E-state index is 0.145. The molecule has 2 aromatic heterocycles. The highest BCUT2D eigenvalue weighted by molar-refractivity contribution is 9.10. The Bertz CT molecular complexity index is 646. The fourth-order valence-corrected chi connectivity index (χ4v) is 2.90. The van der Waals surface area contributed by atoms with E-state index in [0.717, 1.165) is 4.47 Å². The number of hydrogen-bond donors (Lipinski definition) is 1. The van der Waals surface area contributed by atoms with E-state index >= 15 is 0 Å². The molecule has 0 radical (unpaired) electrons. The largest absolute Gasteiger partial charge is 0.347 e. The van der Waals surface area contributed by atoms with Crippen LogP contribution in [0.5, 0.6) is 0 Å². The monoisotopic (exact) mass is 384 g/mol. The van der Waals surface area contributed by atoms with Crippen LogP contribution in [0.1, 0.15) is 15.5 Å². The second-order valence-corrected chi connectivity index (χ2v) is 6.78. The van der Waals surface area contributed by atoms with Crippen LogP contribution in [-0.4, -0.2) is 49.0 Å². The van der Waals surface area contributed by atoms with Crippen LogP contribution in [0.3, 0.4) is 0 Å². The van der Waals surface area contributed by atoms with Crippen molar-refractivity contribution in [3.8, 4) is 0 Å². The Morgan fingerprint density at radius 3 is 2.23 bits per heavy atom. The molecule has 2 aromatic rings. The molecule has 0 aliphatic carbocycles. The Morgan fingerprint density at radius 1 is 1.18 bits per heavy atom. The quantitative estimate of drug-likeness (QED) is 0.846. The Hall–Kier alpha value is -1.74. The number of anilines is 2. The van der Waals surface area contributed by atoms with E-state index in [4.69, 9.17) is 0 Å². The molecule has 0 saturated carbocycles. The zero-order valence-electron chi connectivity index (χ0n) is 12.8. The maximum Gasteiger partial charge on any atom is 0.261 e. The van der Waals surface area contributed by atoms with Crippen LogP contribution in [0.15, 0.2) is 15.9 Å². The fourth-order valence-electron chi connectivity index (χ4n) is 1.55. The normalized spacial score (nSPS) is 10.4. The summed E-state index contributed by atoms with van der Waals surface area (Å²) in [5.41, 5.74) is 0. The summed E-state index contributed by atoms with van der Waals surface area (Å²) >= 11 is 4.71. The number of aromatic nitrogens is 3. The van der Waals surface area contributed by atoms with Crippen molar-refractivity contribution in [1.29, 1.82) is 0 Å². The third-order valence-corrected chi connectivity index (χ3v) is 4.35. The molecule has 0 unspecified atom stereocenters. The Labute approximate surface area is 141 Å². The summed E-state index contributed by atoms with van der Waals surface area (Å²) in [5, 5.41) is 4.69. The maximum atomic E-state index is 12.1.